The van der Waals surface area contributed by atoms with E-state index in [1.54, 1.807) is 0 Å². The van der Waals surface area contributed by atoms with Gasteiger partial charge in [-0.1, -0.05) is 70.5 Å². The first-order chi connectivity index (χ1) is 10.7. The van der Waals surface area contributed by atoms with Gasteiger partial charge in [-0.3, -0.25) is 4.79 Å². The summed E-state index contributed by atoms with van der Waals surface area (Å²) in [5.74, 6) is -0.192. The quantitative estimate of drug-likeness (QED) is 0.675. The van der Waals surface area contributed by atoms with Crippen LogP contribution in [0.4, 0.5) is 5.69 Å². The highest BCUT2D eigenvalue weighted by atomic mass is 79.9. The van der Waals surface area contributed by atoms with E-state index in [0.717, 1.165) is 26.5 Å². The topological polar surface area (TPSA) is 29.1 Å². The van der Waals surface area contributed by atoms with Gasteiger partial charge in [-0.2, -0.15) is 0 Å². The van der Waals surface area contributed by atoms with Crippen LogP contribution >= 0.6 is 15.9 Å². The van der Waals surface area contributed by atoms with Crippen molar-refractivity contribution in [2.75, 3.05) is 5.32 Å². The van der Waals surface area contributed by atoms with Crippen LogP contribution < -0.4 is 5.32 Å². The van der Waals surface area contributed by atoms with Crippen LogP contribution in [-0.4, -0.2) is 5.91 Å². The van der Waals surface area contributed by atoms with Gasteiger partial charge in [-0.25, -0.2) is 0 Å². The number of hydrogen-bond acceptors (Lipinski definition) is 1. The molecule has 0 heterocycles. The Balaban J connectivity index is 1.90. The largest absolute Gasteiger partial charge is 0.325 e. The highest BCUT2D eigenvalue weighted by Crippen LogP contribution is 2.30. The van der Waals surface area contributed by atoms with Gasteiger partial charge in [0.05, 0.1) is 5.92 Å². The number of amides is 1. The fourth-order valence-electron chi connectivity index (χ4n) is 2.51. The second kappa shape index (κ2) is 6.32. The molecule has 1 N–H and O–H groups in total. The summed E-state index contributed by atoms with van der Waals surface area (Å²) in [6.07, 6.45) is 0. The van der Waals surface area contributed by atoms with E-state index in [1.165, 1.54) is 0 Å². The summed E-state index contributed by atoms with van der Waals surface area (Å²) in [5, 5.41) is 5.17. The fourth-order valence-corrected chi connectivity index (χ4v) is 2.98. The van der Waals surface area contributed by atoms with Crippen molar-refractivity contribution < 1.29 is 4.79 Å². The molecule has 0 fully saturated rings. The highest BCUT2D eigenvalue weighted by molar-refractivity contribution is 9.10. The van der Waals surface area contributed by atoms with Gasteiger partial charge in [0.15, 0.2) is 0 Å². The van der Waals surface area contributed by atoms with Crippen LogP contribution in [-0.2, 0) is 4.79 Å². The SMILES string of the molecule is C[C@@H](C(=O)Nc1ccc(Br)c2ccccc12)c1ccccc1. The van der Waals surface area contributed by atoms with Crippen LogP contribution in [0.3, 0.4) is 0 Å². The lowest BCUT2D eigenvalue weighted by Gasteiger charge is -2.14. The third-order valence-electron chi connectivity index (χ3n) is 3.82. The summed E-state index contributed by atoms with van der Waals surface area (Å²) in [6, 6.07) is 21.7. The Kier molecular flexibility index (Phi) is 4.25. The molecule has 3 aromatic carbocycles. The first kappa shape index (κ1) is 14.8. The number of nitrogens with one attached hydrogen (secondary N) is 1. The monoisotopic (exact) mass is 353 g/mol. The molecule has 1 amide bonds. The Morgan fingerprint density at radius 2 is 1.55 bits per heavy atom. The van der Waals surface area contributed by atoms with E-state index in [4.69, 9.17) is 0 Å². The molecule has 3 heteroatoms. The Bertz CT molecular complexity index is 814. The van der Waals surface area contributed by atoms with Crippen LogP contribution in [0.1, 0.15) is 18.4 Å². The molecule has 3 rings (SSSR count). The summed E-state index contributed by atoms with van der Waals surface area (Å²) in [5.41, 5.74) is 1.85. The maximum absolute atomic E-state index is 12.5. The van der Waals surface area contributed by atoms with Gasteiger partial charge in [0.1, 0.15) is 0 Å². The number of hydrogen-bond donors (Lipinski definition) is 1. The van der Waals surface area contributed by atoms with Crippen molar-refractivity contribution in [3.05, 3.63) is 76.8 Å². The molecule has 110 valence electrons. The van der Waals surface area contributed by atoms with Gasteiger partial charge >= 0.3 is 0 Å². The molecule has 0 radical (unpaired) electrons. The minimum Gasteiger partial charge on any atom is -0.325 e. The van der Waals surface area contributed by atoms with Gasteiger partial charge in [-0.15, -0.1) is 0 Å². The van der Waals surface area contributed by atoms with Crippen LogP contribution in [0.5, 0.6) is 0 Å². The number of halogens is 1. The maximum atomic E-state index is 12.5. The molecular weight excluding hydrogens is 338 g/mol. The number of benzene rings is 3. The van der Waals surface area contributed by atoms with E-state index >= 15 is 0 Å². The van der Waals surface area contributed by atoms with Gasteiger partial charge in [0.25, 0.3) is 0 Å². The Labute approximate surface area is 138 Å². The second-order valence-corrected chi connectivity index (χ2v) is 6.12. The van der Waals surface area contributed by atoms with Crippen LogP contribution in [0.15, 0.2) is 71.2 Å². The van der Waals surface area contributed by atoms with Crippen LogP contribution in [0.25, 0.3) is 10.8 Å². The highest BCUT2D eigenvalue weighted by Gasteiger charge is 2.16. The molecule has 0 saturated heterocycles. The standard InChI is InChI=1S/C19H16BrNO/c1-13(14-7-3-2-4-8-14)19(22)21-18-12-11-17(20)15-9-5-6-10-16(15)18/h2-13H,1H3,(H,21,22)/t13-/m1/s1. The van der Waals surface area contributed by atoms with E-state index < -0.39 is 0 Å². The molecule has 22 heavy (non-hydrogen) atoms. The number of fused-ring (bicyclic) bond motifs is 1. The normalized spacial score (nSPS) is 12.1. The molecule has 0 aliphatic heterocycles. The number of anilines is 1. The lowest BCUT2D eigenvalue weighted by atomic mass is 10.00. The first-order valence-electron chi connectivity index (χ1n) is 7.20. The van der Waals surface area contributed by atoms with E-state index in [2.05, 4.69) is 21.2 Å². The first-order valence-corrected chi connectivity index (χ1v) is 7.99. The molecule has 0 aliphatic carbocycles. The summed E-state index contributed by atoms with van der Waals surface area (Å²) in [4.78, 5) is 12.5. The van der Waals surface area contributed by atoms with Crippen LogP contribution in [0, 0.1) is 0 Å². The van der Waals surface area contributed by atoms with E-state index in [9.17, 15) is 4.79 Å². The van der Waals surface area contributed by atoms with Crippen molar-refractivity contribution in [2.24, 2.45) is 0 Å². The summed E-state index contributed by atoms with van der Waals surface area (Å²) >= 11 is 3.55. The third-order valence-corrected chi connectivity index (χ3v) is 4.51. The van der Waals surface area contributed by atoms with Gasteiger partial charge < -0.3 is 5.32 Å². The molecule has 0 saturated carbocycles. The van der Waals surface area contributed by atoms with Crippen molar-refractivity contribution in [3.63, 3.8) is 0 Å². The zero-order chi connectivity index (χ0) is 15.5. The molecule has 0 bridgehead atoms. The van der Waals surface area contributed by atoms with E-state index in [1.807, 2.05) is 73.7 Å². The van der Waals surface area contributed by atoms with Crippen molar-refractivity contribution in [3.8, 4) is 0 Å². The Morgan fingerprint density at radius 1 is 0.909 bits per heavy atom. The second-order valence-electron chi connectivity index (χ2n) is 5.26. The predicted octanol–water partition coefficient (Wildman–Crippen LogP) is 5.34. The average Bonchev–Trinajstić information content (AvgIpc) is 2.57. The molecule has 2 nitrogen and oxygen atoms in total. The van der Waals surface area contributed by atoms with Gasteiger partial charge in [0, 0.05) is 15.5 Å². The lowest BCUT2D eigenvalue weighted by Crippen LogP contribution is -2.19. The van der Waals surface area contributed by atoms with Crippen molar-refractivity contribution in [2.45, 2.75) is 12.8 Å². The van der Waals surface area contributed by atoms with Crippen LogP contribution in [0.2, 0.25) is 0 Å². The molecule has 0 unspecified atom stereocenters. The minimum atomic E-state index is -0.191. The summed E-state index contributed by atoms with van der Waals surface area (Å²) in [6.45, 7) is 1.92. The molecular formula is C19H16BrNO. The molecule has 0 aliphatic rings. The zero-order valence-corrected chi connectivity index (χ0v) is 13.8. The lowest BCUT2D eigenvalue weighted by molar-refractivity contribution is -0.117. The third kappa shape index (κ3) is 2.90. The zero-order valence-electron chi connectivity index (χ0n) is 12.2. The smallest absolute Gasteiger partial charge is 0.231 e. The Hall–Kier alpha value is -2.13. The molecule has 0 aromatic heterocycles. The van der Waals surface area contributed by atoms with E-state index in [0.29, 0.717) is 0 Å². The average molecular weight is 354 g/mol. The van der Waals surface area contributed by atoms with Gasteiger partial charge in [-0.05, 0) is 30.0 Å². The molecule has 3 aromatic rings. The van der Waals surface area contributed by atoms with Crippen molar-refractivity contribution in [1.29, 1.82) is 0 Å². The van der Waals surface area contributed by atoms with Crippen molar-refractivity contribution in [1.82, 2.24) is 0 Å². The molecule has 0 spiro atoms. The number of carbonyl (C=O) groups is 1. The number of carbonyl (C=O) groups excluding carboxylic acids is 1. The van der Waals surface area contributed by atoms with Gasteiger partial charge in [0.2, 0.25) is 5.91 Å². The fraction of sp³-hybridized carbons (Fsp3) is 0.105. The summed E-state index contributed by atoms with van der Waals surface area (Å²) < 4.78 is 1.03. The van der Waals surface area contributed by atoms with Crippen molar-refractivity contribution >= 4 is 38.3 Å². The molecule has 1 atom stereocenters. The number of rotatable bonds is 3. The van der Waals surface area contributed by atoms with E-state index in [-0.39, 0.29) is 11.8 Å². The minimum absolute atomic E-state index is 0.00123. The predicted molar refractivity (Wildman–Crippen MR) is 95.1 cm³/mol. The maximum Gasteiger partial charge on any atom is 0.231 e. The summed E-state index contributed by atoms with van der Waals surface area (Å²) in [7, 11) is 0. The Morgan fingerprint density at radius 3 is 2.27 bits per heavy atom.